The van der Waals surface area contributed by atoms with E-state index in [0.29, 0.717) is 19.6 Å². The Balaban J connectivity index is 1.44. The Hall–Kier alpha value is -2.38. The minimum atomic E-state index is -3.01. The number of carbonyl (C=O) groups is 1. The lowest BCUT2D eigenvalue weighted by Gasteiger charge is -2.33. The van der Waals surface area contributed by atoms with Crippen LogP contribution >= 0.6 is 0 Å². The van der Waals surface area contributed by atoms with E-state index >= 15 is 0 Å². The Bertz CT molecular complexity index is 907. The molecule has 2 heterocycles. The summed E-state index contributed by atoms with van der Waals surface area (Å²) in [6, 6.07) is 16.9. The fourth-order valence-electron chi connectivity index (χ4n) is 3.83. The van der Waals surface area contributed by atoms with Crippen molar-refractivity contribution in [3.05, 3.63) is 65.7 Å². The third-order valence-electron chi connectivity index (χ3n) is 5.33. The van der Waals surface area contributed by atoms with E-state index in [1.54, 1.807) is 0 Å². The molecule has 28 heavy (non-hydrogen) atoms. The normalized spacial score (nSPS) is 22.1. The molecule has 2 unspecified atom stereocenters. The SMILES string of the molecule is O=C(NCC1Cc2ccccc2O1)C(c1ccccc1)N1CCS(=O)(=O)CC1. The van der Waals surface area contributed by atoms with E-state index in [1.807, 2.05) is 59.5 Å². The predicted octanol–water partition coefficient (Wildman–Crippen LogP) is 1.58. The summed E-state index contributed by atoms with van der Waals surface area (Å²) in [5.74, 6) is 0.933. The number of carbonyl (C=O) groups excluding carboxylic acids is 1. The van der Waals surface area contributed by atoms with E-state index in [9.17, 15) is 13.2 Å². The van der Waals surface area contributed by atoms with Gasteiger partial charge >= 0.3 is 0 Å². The zero-order valence-corrected chi connectivity index (χ0v) is 16.4. The highest BCUT2D eigenvalue weighted by atomic mass is 32.2. The van der Waals surface area contributed by atoms with Crippen molar-refractivity contribution < 1.29 is 17.9 Å². The average molecular weight is 401 g/mol. The van der Waals surface area contributed by atoms with Crippen molar-refractivity contribution in [2.75, 3.05) is 31.1 Å². The molecule has 1 saturated heterocycles. The van der Waals surface area contributed by atoms with Crippen LogP contribution in [-0.4, -0.2) is 56.5 Å². The Kier molecular flexibility index (Phi) is 5.37. The lowest BCUT2D eigenvalue weighted by molar-refractivity contribution is -0.127. The first-order valence-electron chi connectivity index (χ1n) is 9.53. The molecule has 0 spiro atoms. The van der Waals surface area contributed by atoms with Gasteiger partial charge in [0.1, 0.15) is 17.9 Å². The van der Waals surface area contributed by atoms with Crippen molar-refractivity contribution in [3.63, 3.8) is 0 Å². The van der Waals surface area contributed by atoms with Gasteiger partial charge in [0, 0.05) is 19.5 Å². The van der Waals surface area contributed by atoms with Gasteiger partial charge in [-0.15, -0.1) is 0 Å². The van der Waals surface area contributed by atoms with E-state index in [1.165, 1.54) is 0 Å². The maximum Gasteiger partial charge on any atom is 0.242 e. The third-order valence-corrected chi connectivity index (χ3v) is 6.93. The molecule has 2 aliphatic heterocycles. The zero-order chi connectivity index (χ0) is 19.6. The topological polar surface area (TPSA) is 75.7 Å². The number of rotatable bonds is 5. The van der Waals surface area contributed by atoms with Gasteiger partial charge in [-0.05, 0) is 17.2 Å². The Morgan fingerprint density at radius 2 is 1.75 bits per heavy atom. The van der Waals surface area contributed by atoms with Gasteiger partial charge in [0.2, 0.25) is 5.91 Å². The van der Waals surface area contributed by atoms with Crippen molar-refractivity contribution in [2.45, 2.75) is 18.6 Å². The lowest BCUT2D eigenvalue weighted by atomic mass is 10.0. The monoisotopic (exact) mass is 400 g/mol. The molecule has 0 aromatic heterocycles. The van der Waals surface area contributed by atoms with E-state index in [2.05, 4.69) is 5.32 Å². The molecule has 2 aliphatic rings. The largest absolute Gasteiger partial charge is 0.488 e. The lowest BCUT2D eigenvalue weighted by Crippen LogP contribution is -2.48. The second kappa shape index (κ2) is 7.93. The number of benzene rings is 2. The molecule has 0 saturated carbocycles. The van der Waals surface area contributed by atoms with Crippen LogP contribution in [0.3, 0.4) is 0 Å². The number of nitrogens with one attached hydrogen (secondary N) is 1. The van der Waals surface area contributed by atoms with Crippen LogP contribution in [0.25, 0.3) is 0 Å². The molecule has 0 aliphatic carbocycles. The van der Waals surface area contributed by atoms with Crippen molar-refractivity contribution in [3.8, 4) is 5.75 Å². The van der Waals surface area contributed by atoms with Crippen LogP contribution < -0.4 is 10.1 Å². The van der Waals surface area contributed by atoms with E-state index in [0.717, 1.165) is 23.3 Å². The number of ether oxygens (including phenoxy) is 1. The molecule has 0 radical (unpaired) electrons. The summed E-state index contributed by atoms with van der Waals surface area (Å²) in [6.45, 7) is 1.14. The van der Waals surface area contributed by atoms with Crippen molar-refractivity contribution in [1.82, 2.24) is 10.2 Å². The van der Waals surface area contributed by atoms with Gasteiger partial charge in [-0.2, -0.15) is 0 Å². The number of hydrogen-bond donors (Lipinski definition) is 1. The molecule has 4 rings (SSSR count). The zero-order valence-electron chi connectivity index (χ0n) is 15.6. The quantitative estimate of drug-likeness (QED) is 0.825. The van der Waals surface area contributed by atoms with Crippen LogP contribution in [-0.2, 0) is 21.1 Å². The van der Waals surface area contributed by atoms with E-state index in [4.69, 9.17) is 4.74 Å². The molecule has 1 N–H and O–H groups in total. The van der Waals surface area contributed by atoms with Gasteiger partial charge in [-0.25, -0.2) is 8.42 Å². The number of hydrogen-bond acceptors (Lipinski definition) is 5. The maximum atomic E-state index is 13.1. The summed E-state index contributed by atoms with van der Waals surface area (Å²) in [4.78, 5) is 15.0. The third kappa shape index (κ3) is 4.20. The highest BCUT2D eigenvalue weighted by Crippen LogP contribution is 2.28. The Labute approximate surface area is 165 Å². The summed E-state index contributed by atoms with van der Waals surface area (Å²) < 4.78 is 29.5. The molecule has 148 valence electrons. The van der Waals surface area contributed by atoms with Crippen molar-refractivity contribution in [1.29, 1.82) is 0 Å². The second-order valence-electron chi connectivity index (χ2n) is 7.30. The molecule has 1 amide bonds. The van der Waals surface area contributed by atoms with Crippen LogP contribution in [0.2, 0.25) is 0 Å². The van der Waals surface area contributed by atoms with Gasteiger partial charge in [0.05, 0.1) is 18.1 Å². The second-order valence-corrected chi connectivity index (χ2v) is 9.60. The van der Waals surface area contributed by atoms with E-state index < -0.39 is 15.9 Å². The van der Waals surface area contributed by atoms with Crippen LogP contribution in [0, 0.1) is 0 Å². The molecule has 2 aromatic rings. The van der Waals surface area contributed by atoms with Gasteiger partial charge in [0.15, 0.2) is 9.84 Å². The van der Waals surface area contributed by atoms with Crippen LogP contribution in [0.4, 0.5) is 0 Å². The average Bonchev–Trinajstić information content (AvgIpc) is 3.12. The molecular formula is C21H24N2O4S. The summed E-state index contributed by atoms with van der Waals surface area (Å²) in [7, 11) is -3.01. The van der Waals surface area contributed by atoms with Crippen LogP contribution in [0.5, 0.6) is 5.75 Å². The van der Waals surface area contributed by atoms with Gasteiger partial charge in [0.25, 0.3) is 0 Å². The number of sulfone groups is 1. The molecule has 6 nitrogen and oxygen atoms in total. The summed E-state index contributed by atoms with van der Waals surface area (Å²) in [6.07, 6.45) is 0.688. The number of para-hydroxylation sites is 1. The molecule has 0 bridgehead atoms. The maximum absolute atomic E-state index is 13.1. The van der Waals surface area contributed by atoms with Crippen molar-refractivity contribution >= 4 is 15.7 Å². The first kappa shape index (κ1) is 19.0. The highest BCUT2D eigenvalue weighted by Gasteiger charge is 2.33. The summed E-state index contributed by atoms with van der Waals surface area (Å²) in [5.41, 5.74) is 2.03. The van der Waals surface area contributed by atoms with Gasteiger partial charge < -0.3 is 10.1 Å². The fraction of sp³-hybridized carbons (Fsp3) is 0.381. The Morgan fingerprint density at radius 3 is 2.46 bits per heavy atom. The first-order valence-corrected chi connectivity index (χ1v) is 11.4. The molecule has 2 aromatic carbocycles. The van der Waals surface area contributed by atoms with Crippen LogP contribution in [0.1, 0.15) is 17.2 Å². The fourth-order valence-corrected chi connectivity index (χ4v) is 5.06. The number of amides is 1. The number of fused-ring (bicyclic) bond motifs is 1. The standard InChI is InChI=1S/C21H24N2O4S/c24-21(22-15-18-14-17-8-4-5-9-19(17)27-18)20(16-6-2-1-3-7-16)23-10-12-28(25,26)13-11-23/h1-9,18,20H,10-15H2,(H,22,24). The van der Waals surface area contributed by atoms with Crippen molar-refractivity contribution in [2.24, 2.45) is 0 Å². The van der Waals surface area contributed by atoms with Gasteiger partial charge in [-0.3, -0.25) is 9.69 Å². The minimum Gasteiger partial charge on any atom is -0.488 e. The van der Waals surface area contributed by atoms with Gasteiger partial charge in [-0.1, -0.05) is 48.5 Å². The molecular weight excluding hydrogens is 376 g/mol. The first-order chi connectivity index (χ1) is 13.5. The summed E-state index contributed by atoms with van der Waals surface area (Å²) in [5, 5.41) is 3.02. The van der Waals surface area contributed by atoms with Crippen LogP contribution in [0.15, 0.2) is 54.6 Å². The minimum absolute atomic E-state index is 0.0838. The predicted molar refractivity (Wildman–Crippen MR) is 107 cm³/mol. The number of nitrogens with zero attached hydrogens (tertiary/aromatic N) is 1. The molecule has 1 fully saturated rings. The Morgan fingerprint density at radius 1 is 1.07 bits per heavy atom. The summed E-state index contributed by atoms with van der Waals surface area (Å²) >= 11 is 0. The molecule has 7 heteroatoms. The molecule has 2 atom stereocenters. The highest BCUT2D eigenvalue weighted by molar-refractivity contribution is 7.91. The van der Waals surface area contributed by atoms with E-state index in [-0.39, 0.29) is 23.5 Å². The smallest absolute Gasteiger partial charge is 0.242 e.